The molecule has 0 saturated heterocycles. The van der Waals surface area contributed by atoms with Crippen molar-refractivity contribution in [3.63, 3.8) is 0 Å². The number of nitrogen functional groups attached to an aromatic ring is 1. The Kier molecular flexibility index (Phi) is 4.75. The van der Waals surface area contributed by atoms with Crippen LogP contribution < -0.4 is 5.73 Å². The van der Waals surface area contributed by atoms with E-state index in [4.69, 9.17) is 10.5 Å². The van der Waals surface area contributed by atoms with Crippen LogP contribution in [0, 0.1) is 6.92 Å². The van der Waals surface area contributed by atoms with Gasteiger partial charge in [0.15, 0.2) is 5.69 Å². The fourth-order valence-corrected chi connectivity index (χ4v) is 2.51. The average molecular weight is 294 g/mol. The van der Waals surface area contributed by atoms with E-state index < -0.39 is 0 Å². The number of aryl methyl sites for hydroxylation is 1. The van der Waals surface area contributed by atoms with Gasteiger partial charge in [0.25, 0.3) is 5.91 Å². The van der Waals surface area contributed by atoms with E-state index >= 15 is 0 Å². The van der Waals surface area contributed by atoms with E-state index in [1.54, 1.807) is 30.3 Å². The maximum atomic E-state index is 12.5. The maximum Gasteiger partial charge on any atom is 0.276 e. The second-order valence-electron chi connectivity index (χ2n) is 4.41. The number of aromatic nitrogens is 2. The number of hydrogen-bond acceptors (Lipinski definition) is 5. The first-order valence-electron chi connectivity index (χ1n) is 6.24. The number of nitrogens with two attached hydrogens (primary N) is 1. The minimum Gasteiger partial charge on any atom is -0.395 e. The van der Waals surface area contributed by atoms with Crippen LogP contribution in [-0.4, -0.2) is 41.3 Å². The first kappa shape index (κ1) is 14.5. The zero-order chi connectivity index (χ0) is 14.5. The van der Waals surface area contributed by atoms with Gasteiger partial charge >= 0.3 is 0 Å². The number of nitrogens with zero attached hydrogens (tertiary/aromatic N) is 2. The maximum absolute atomic E-state index is 12.5. The highest BCUT2D eigenvalue weighted by Crippen LogP contribution is 2.18. The first-order chi connectivity index (χ1) is 9.63. The zero-order valence-electron chi connectivity index (χ0n) is 11.5. The molecule has 3 N–H and O–H groups in total. The molecule has 0 aliphatic heterocycles. The van der Waals surface area contributed by atoms with Crippen LogP contribution in [0.3, 0.4) is 0 Å². The van der Waals surface area contributed by atoms with Crippen LogP contribution >= 0.6 is 11.3 Å². The minimum atomic E-state index is -0.183. The van der Waals surface area contributed by atoms with Crippen LogP contribution in [0.25, 0.3) is 0 Å². The Morgan fingerprint density at radius 1 is 1.60 bits per heavy atom. The molecular weight excluding hydrogens is 276 g/mol. The summed E-state index contributed by atoms with van der Waals surface area (Å²) in [6, 6.07) is 3.96. The molecule has 2 aromatic rings. The summed E-state index contributed by atoms with van der Waals surface area (Å²) in [5.74, 6) is -0.183. The molecular formula is C13H18N4O2S. The number of amides is 1. The van der Waals surface area contributed by atoms with Gasteiger partial charge in [-0.05, 0) is 18.4 Å². The Hall–Kier alpha value is -1.86. The molecule has 0 aromatic carbocycles. The molecule has 20 heavy (non-hydrogen) atoms. The topological polar surface area (TPSA) is 84.2 Å². The van der Waals surface area contributed by atoms with E-state index in [0.717, 1.165) is 4.88 Å². The van der Waals surface area contributed by atoms with Crippen molar-refractivity contribution < 1.29 is 9.53 Å². The molecule has 1 amide bonds. The van der Waals surface area contributed by atoms with E-state index in [1.807, 2.05) is 17.5 Å². The number of thiophene rings is 1. The van der Waals surface area contributed by atoms with E-state index in [-0.39, 0.29) is 11.6 Å². The lowest BCUT2D eigenvalue weighted by Gasteiger charge is -2.21. The molecule has 0 unspecified atom stereocenters. The quantitative estimate of drug-likeness (QED) is 0.848. The molecule has 2 rings (SSSR count). The molecule has 0 fully saturated rings. The van der Waals surface area contributed by atoms with Crippen molar-refractivity contribution in [1.29, 1.82) is 0 Å². The van der Waals surface area contributed by atoms with Gasteiger partial charge in [-0.15, -0.1) is 11.3 Å². The molecule has 0 atom stereocenters. The average Bonchev–Trinajstić information content (AvgIpc) is 3.06. The normalized spacial score (nSPS) is 10.7. The van der Waals surface area contributed by atoms with Crippen LogP contribution in [0.1, 0.15) is 21.1 Å². The number of carbonyl (C=O) groups is 1. The van der Waals surface area contributed by atoms with Crippen molar-refractivity contribution in [3.8, 4) is 0 Å². The Bertz CT molecular complexity index is 565. The lowest BCUT2D eigenvalue weighted by Crippen LogP contribution is -2.33. The van der Waals surface area contributed by atoms with Gasteiger partial charge in [0.05, 0.1) is 24.5 Å². The lowest BCUT2D eigenvalue weighted by molar-refractivity contribution is 0.0677. The second kappa shape index (κ2) is 6.53. The number of nitrogens with one attached hydrogen (secondary N) is 1. The fraction of sp³-hybridized carbons (Fsp3) is 0.385. The molecule has 7 heteroatoms. The molecule has 0 aliphatic rings. The number of rotatable bonds is 6. The summed E-state index contributed by atoms with van der Waals surface area (Å²) in [5, 5.41) is 8.72. The number of H-pyrrole nitrogens is 1. The van der Waals surface area contributed by atoms with Crippen molar-refractivity contribution in [2.24, 2.45) is 0 Å². The molecule has 0 aliphatic carbocycles. The van der Waals surface area contributed by atoms with Crippen molar-refractivity contribution in [1.82, 2.24) is 15.1 Å². The zero-order valence-corrected chi connectivity index (χ0v) is 12.4. The van der Waals surface area contributed by atoms with Crippen LogP contribution in [0.4, 0.5) is 5.69 Å². The van der Waals surface area contributed by atoms with Gasteiger partial charge in [0.2, 0.25) is 0 Å². The van der Waals surface area contributed by atoms with Gasteiger partial charge in [-0.1, -0.05) is 6.07 Å². The Morgan fingerprint density at radius 3 is 2.95 bits per heavy atom. The van der Waals surface area contributed by atoms with Crippen LogP contribution in [-0.2, 0) is 11.3 Å². The number of anilines is 1. The molecule has 2 heterocycles. The highest BCUT2D eigenvalue weighted by Gasteiger charge is 2.22. The van der Waals surface area contributed by atoms with Gasteiger partial charge < -0.3 is 15.4 Å². The van der Waals surface area contributed by atoms with Crippen molar-refractivity contribution >= 4 is 22.9 Å². The molecule has 0 radical (unpaired) electrons. The fourth-order valence-electron chi connectivity index (χ4n) is 1.80. The van der Waals surface area contributed by atoms with E-state index in [0.29, 0.717) is 31.1 Å². The predicted octanol–water partition coefficient (Wildman–Crippen LogP) is 1.65. The molecule has 6 nitrogen and oxygen atoms in total. The summed E-state index contributed by atoms with van der Waals surface area (Å²) in [6.07, 6.45) is 0. The lowest BCUT2D eigenvalue weighted by atomic mass is 10.2. The number of hydrogen-bond donors (Lipinski definition) is 2. The molecule has 108 valence electrons. The molecule has 0 bridgehead atoms. The van der Waals surface area contributed by atoms with Crippen molar-refractivity contribution in [2.75, 3.05) is 26.0 Å². The van der Waals surface area contributed by atoms with Crippen LogP contribution in [0.2, 0.25) is 0 Å². The van der Waals surface area contributed by atoms with E-state index in [2.05, 4.69) is 10.2 Å². The Balaban J connectivity index is 2.17. The van der Waals surface area contributed by atoms with E-state index in [9.17, 15) is 4.79 Å². The monoisotopic (exact) mass is 294 g/mol. The second-order valence-corrected chi connectivity index (χ2v) is 5.44. The summed E-state index contributed by atoms with van der Waals surface area (Å²) < 4.78 is 5.06. The highest BCUT2D eigenvalue weighted by atomic mass is 32.1. The van der Waals surface area contributed by atoms with Crippen LogP contribution in [0.15, 0.2) is 17.5 Å². The summed E-state index contributed by atoms with van der Waals surface area (Å²) >= 11 is 1.61. The third kappa shape index (κ3) is 3.17. The smallest absolute Gasteiger partial charge is 0.276 e. The Labute approximate surface area is 121 Å². The number of aromatic amines is 1. The van der Waals surface area contributed by atoms with Crippen molar-refractivity contribution in [2.45, 2.75) is 13.5 Å². The Morgan fingerprint density at radius 2 is 2.40 bits per heavy atom. The van der Waals surface area contributed by atoms with Crippen molar-refractivity contribution in [3.05, 3.63) is 33.8 Å². The largest absolute Gasteiger partial charge is 0.395 e. The number of methoxy groups -OCH3 is 1. The summed E-state index contributed by atoms with van der Waals surface area (Å²) in [7, 11) is 1.61. The third-order valence-electron chi connectivity index (χ3n) is 2.98. The SMILES string of the molecule is COCCN(Cc1cccs1)C(=O)c1n[nH]c(C)c1N. The van der Waals surface area contributed by atoms with Gasteiger partial charge in [-0.25, -0.2) is 0 Å². The van der Waals surface area contributed by atoms with Gasteiger partial charge in [0.1, 0.15) is 0 Å². The highest BCUT2D eigenvalue weighted by molar-refractivity contribution is 7.09. The standard InChI is InChI=1S/C13H18N4O2S/c1-9-11(14)12(16-15-9)13(18)17(5-6-19-2)8-10-4-3-7-20-10/h3-4,7H,5-6,8,14H2,1-2H3,(H,15,16). The van der Waals surface area contributed by atoms with Crippen LogP contribution in [0.5, 0.6) is 0 Å². The minimum absolute atomic E-state index is 0.183. The number of ether oxygens (including phenoxy) is 1. The molecule has 0 spiro atoms. The molecule has 2 aromatic heterocycles. The molecule has 0 saturated carbocycles. The number of carbonyl (C=O) groups excluding carboxylic acids is 1. The first-order valence-corrected chi connectivity index (χ1v) is 7.12. The summed E-state index contributed by atoms with van der Waals surface area (Å²) in [6.45, 7) is 3.29. The summed E-state index contributed by atoms with van der Waals surface area (Å²) in [4.78, 5) is 15.3. The van der Waals surface area contributed by atoms with E-state index in [1.165, 1.54) is 0 Å². The summed E-state index contributed by atoms with van der Waals surface area (Å²) in [5.41, 5.74) is 7.26. The predicted molar refractivity (Wildman–Crippen MR) is 78.7 cm³/mol. The van der Waals surface area contributed by atoms with Gasteiger partial charge in [-0.2, -0.15) is 5.10 Å². The van der Waals surface area contributed by atoms with Gasteiger partial charge in [-0.3, -0.25) is 9.89 Å². The van der Waals surface area contributed by atoms with Gasteiger partial charge in [0, 0.05) is 18.5 Å². The third-order valence-corrected chi connectivity index (χ3v) is 3.84.